The van der Waals surface area contributed by atoms with E-state index in [0.717, 1.165) is 21.4 Å². The van der Waals surface area contributed by atoms with Gasteiger partial charge in [-0.15, -0.1) is 22.7 Å². The predicted molar refractivity (Wildman–Crippen MR) is 84.6 cm³/mol. The molecule has 0 saturated heterocycles. The Labute approximate surface area is 123 Å². The zero-order chi connectivity index (χ0) is 13.2. The number of thiophene rings is 1. The van der Waals surface area contributed by atoms with Crippen LogP contribution in [-0.2, 0) is 0 Å². The Morgan fingerprint density at radius 2 is 2.11 bits per heavy atom. The van der Waals surface area contributed by atoms with Crippen molar-refractivity contribution in [2.24, 2.45) is 0 Å². The second-order valence-electron chi connectivity index (χ2n) is 3.88. The molecule has 96 valence electrons. The maximum Gasteiger partial charge on any atom is 0.187 e. The molecule has 3 rings (SSSR count). The number of anilines is 3. The standard InChI is InChI=1S/C13H10ClN3S2/c14-9-6-8(15)3-4-10(9)16-13-17-11(7-19-13)12-2-1-5-18-12/h1-7H,15H2,(H,16,17). The lowest BCUT2D eigenvalue weighted by Crippen LogP contribution is -1.92. The number of nitrogen functional groups attached to an aromatic ring is 1. The summed E-state index contributed by atoms with van der Waals surface area (Å²) in [5.41, 5.74) is 8.10. The van der Waals surface area contributed by atoms with Crippen LogP contribution in [0.15, 0.2) is 41.1 Å². The lowest BCUT2D eigenvalue weighted by Gasteiger charge is -2.05. The van der Waals surface area contributed by atoms with Crippen LogP contribution in [-0.4, -0.2) is 4.98 Å². The average molecular weight is 308 g/mol. The fraction of sp³-hybridized carbons (Fsp3) is 0. The summed E-state index contributed by atoms with van der Waals surface area (Å²) in [6.07, 6.45) is 0. The summed E-state index contributed by atoms with van der Waals surface area (Å²) >= 11 is 9.35. The van der Waals surface area contributed by atoms with Crippen LogP contribution in [0.2, 0.25) is 5.02 Å². The first kappa shape index (κ1) is 12.5. The number of benzene rings is 1. The van der Waals surface area contributed by atoms with E-state index in [4.69, 9.17) is 17.3 Å². The second-order valence-corrected chi connectivity index (χ2v) is 6.09. The minimum atomic E-state index is 0.591. The van der Waals surface area contributed by atoms with Gasteiger partial charge in [0.15, 0.2) is 5.13 Å². The molecule has 3 aromatic rings. The van der Waals surface area contributed by atoms with E-state index >= 15 is 0 Å². The number of nitrogens with one attached hydrogen (secondary N) is 1. The topological polar surface area (TPSA) is 50.9 Å². The maximum atomic E-state index is 6.12. The zero-order valence-corrected chi connectivity index (χ0v) is 12.1. The summed E-state index contributed by atoms with van der Waals surface area (Å²) in [7, 11) is 0. The molecule has 0 bridgehead atoms. The third-order valence-electron chi connectivity index (χ3n) is 2.51. The van der Waals surface area contributed by atoms with Crippen LogP contribution >= 0.6 is 34.3 Å². The van der Waals surface area contributed by atoms with Crippen LogP contribution in [0.5, 0.6) is 0 Å². The van der Waals surface area contributed by atoms with E-state index in [1.54, 1.807) is 28.7 Å². The minimum Gasteiger partial charge on any atom is -0.399 e. The van der Waals surface area contributed by atoms with Crippen molar-refractivity contribution in [1.29, 1.82) is 0 Å². The summed E-state index contributed by atoms with van der Waals surface area (Å²) in [4.78, 5) is 5.70. The minimum absolute atomic E-state index is 0.591. The van der Waals surface area contributed by atoms with Crippen molar-refractivity contribution in [3.63, 3.8) is 0 Å². The van der Waals surface area contributed by atoms with Gasteiger partial charge in [-0.1, -0.05) is 17.7 Å². The largest absolute Gasteiger partial charge is 0.399 e. The number of nitrogens with two attached hydrogens (primary N) is 1. The summed E-state index contributed by atoms with van der Waals surface area (Å²) in [6.45, 7) is 0. The van der Waals surface area contributed by atoms with Gasteiger partial charge in [0, 0.05) is 11.1 Å². The highest BCUT2D eigenvalue weighted by atomic mass is 35.5. The van der Waals surface area contributed by atoms with Gasteiger partial charge in [0.25, 0.3) is 0 Å². The summed E-state index contributed by atoms with van der Waals surface area (Å²) in [5, 5.41) is 8.68. The Hall–Kier alpha value is -1.56. The SMILES string of the molecule is Nc1ccc(Nc2nc(-c3cccs3)cs2)c(Cl)c1. The van der Waals surface area contributed by atoms with Crippen LogP contribution in [0, 0.1) is 0 Å². The quantitative estimate of drug-likeness (QED) is 0.680. The first-order chi connectivity index (χ1) is 9.22. The molecule has 3 N–H and O–H groups in total. The summed E-state index contributed by atoms with van der Waals surface area (Å²) < 4.78 is 0. The fourth-order valence-electron chi connectivity index (χ4n) is 1.62. The van der Waals surface area contributed by atoms with Crippen molar-refractivity contribution in [3.8, 4) is 10.6 Å². The monoisotopic (exact) mass is 307 g/mol. The van der Waals surface area contributed by atoms with Crippen LogP contribution in [0.4, 0.5) is 16.5 Å². The molecule has 19 heavy (non-hydrogen) atoms. The Morgan fingerprint density at radius 1 is 1.21 bits per heavy atom. The molecule has 6 heteroatoms. The van der Waals surface area contributed by atoms with E-state index in [9.17, 15) is 0 Å². The molecule has 0 aliphatic heterocycles. The van der Waals surface area contributed by atoms with Crippen molar-refractivity contribution >= 4 is 50.8 Å². The number of nitrogens with zero attached hydrogens (tertiary/aromatic N) is 1. The van der Waals surface area contributed by atoms with Gasteiger partial charge in [0.05, 0.1) is 21.3 Å². The number of hydrogen-bond donors (Lipinski definition) is 2. The van der Waals surface area contributed by atoms with E-state index in [1.165, 1.54) is 0 Å². The first-order valence-electron chi connectivity index (χ1n) is 5.54. The molecule has 0 radical (unpaired) electrons. The smallest absolute Gasteiger partial charge is 0.187 e. The van der Waals surface area contributed by atoms with Gasteiger partial charge in [-0.3, -0.25) is 0 Å². The van der Waals surface area contributed by atoms with Crippen LogP contribution in [0.25, 0.3) is 10.6 Å². The van der Waals surface area contributed by atoms with Crippen LogP contribution in [0.3, 0.4) is 0 Å². The molecule has 0 aliphatic carbocycles. The lowest BCUT2D eigenvalue weighted by atomic mass is 10.3. The predicted octanol–water partition coefficient (Wildman–Crippen LogP) is 4.85. The Morgan fingerprint density at radius 3 is 2.84 bits per heavy atom. The Balaban J connectivity index is 1.84. The first-order valence-corrected chi connectivity index (χ1v) is 7.67. The molecule has 0 amide bonds. The average Bonchev–Trinajstić information content (AvgIpc) is 3.03. The van der Waals surface area contributed by atoms with Gasteiger partial charge in [-0.2, -0.15) is 0 Å². The molecule has 0 fully saturated rings. The van der Waals surface area contributed by atoms with Crippen molar-refractivity contribution in [2.75, 3.05) is 11.1 Å². The molecule has 3 nitrogen and oxygen atoms in total. The molecule has 0 saturated carbocycles. The summed E-state index contributed by atoms with van der Waals surface area (Å²) in [5.74, 6) is 0. The fourth-order valence-corrected chi connectivity index (χ4v) is 3.34. The van der Waals surface area contributed by atoms with Gasteiger partial charge in [0.2, 0.25) is 0 Å². The van der Waals surface area contributed by atoms with Crippen LogP contribution < -0.4 is 11.1 Å². The van der Waals surface area contributed by atoms with E-state index in [2.05, 4.69) is 16.4 Å². The molecular weight excluding hydrogens is 298 g/mol. The Bertz CT molecular complexity index is 692. The normalized spacial score (nSPS) is 10.6. The number of rotatable bonds is 3. The number of hydrogen-bond acceptors (Lipinski definition) is 5. The van der Waals surface area contributed by atoms with Crippen LogP contribution in [0.1, 0.15) is 0 Å². The van der Waals surface area contributed by atoms with Gasteiger partial charge in [-0.05, 0) is 29.6 Å². The molecule has 2 aromatic heterocycles. The van der Waals surface area contributed by atoms with E-state index in [0.29, 0.717) is 10.7 Å². The summed E-state index contributed by atoms with van der Waals surface area (Å²) in [6, 6.07) is 9.45. The maximum absolute atomic E-state index is 6.12. The number of aromatic nitrogens is 1. The highest BCUT2D eigenvalue weighted by molar-refractivity contribution is 7.16. The van der Waals surface area contributed by atoms with E-state index < -0.39 is 0 Å². The second kappa shape index (κ2) is 5.21. The highest BCUT2D eigenvalue weighted by Gasteiger charge is 2.07. The molecule has 0 spiro atoms. The van der Waals surface area contributed by atoms with Gasteiger partial charge < -0.3 is 11.1 Å². The number of thiazole rings is 1. The third-order valence-corrected chi connectivity index (χ3v) is 4.48. The molecule has 2 heterocycles. The van der Waals surface area contributed by atoms with Gasteiger partial charge in [-0.25, -0.2) is 4.98 Å². The van der Waals surface area contributed by atoms with Crippen molar-refractivity contribution < 1.29 is 0 Å². The Kier molecular flexibility index (Phi) is 3.42. The third kappa shape index (κ3) is 2.73. The zero-order valence-electron chi connectivity index (χ0n) is 9.76. The number of halogens is 1. The molecular formula is C13H10ClN3S2. The van der Waals surface area contributed by atoms with Crippen molar-refractivity contribution in [2.45, 2.75) is 0 Å². The van der Waals surface area contributed by atoms with Crippen molar-refractivity contribution in [1.82, 2.24) is 4.98 Å². The molecule has 0 aliphatic rings. The van der Waals surface area contributed by atoms with Gasteiger partial charge in [0.1, 0.15) is 0 Å². The molecule has 1 aromatic carbocycles. The highest BCUT2D eigenvalue weighted by Crippen LogP contribution is 2.32. The molecule has 0 unspecified atom stereocenters. The van der Waals surface area contributed by atoms with E-state index in [-0.39, 0.29) is 0 Å². The van der Waals surface area contributed by atoms with E-state index in [1.807, 2.05) is 29.0 Å². The molecule has 0 atom stereocenters. The lowest BCUT2D eigenvalue weighted by molar-refractivity contribution is 1.40. The van der Waals surface area contributed by atoms with Gasteiger partial charge >= 0.3 is 0 Å². The van der Waals surface area contributed by atoms with Crippen molar-refractivity contribution in [3.05, 3.63) is 46.1 Å².